The second kappa shape index (κ2) is 9.08. The summed E-state index contributed by atoms with van der Waals surface area (Å²) in [5.41, 5.74) is -1.15. The summed E-state index contributed by atoms with van der Waals surface area (Å²) < 4.78 is 90.0. The highest BCUT2D eigenvalue weighted by molar-refractivity contribution is 7.90. The van der Waals surface area contributed by atoms with Gasteiger partial charge < -0.3 is 9.47 Å². The van der Waals surface area contributed by atoms with E-state index in [-0.39, 0.29) is 23.4 Å². The van der Waals surface area contributed by atoms with Crippen molar-refractivity contribution < 1.29 is 35.5 Å². The van der Waals surface area contributed by atoms with Gasteiger partial charge in [0.2, 0.25) is 0 Å². The van der Waals surface area contributed by atoms with Crippen LogP contribution in [0.2, 0.25) is 0 Å². The van der Waals surface area contributed by atoms with Crippen molar-refractivity contribution in [3.63, 3.8) is 0 Å². The fourth-order valence-corrected chi connectivity index (χ4v) is 4.58. The van der Waals surface area contributed by atoms with Crippen molar-refractivity contribution in [3.8, 4) is 11.5 Å². The molecule has 0 fully saturated rings. The summed E-state index contributed by atoms with van der Waals surface area (Å²) in [6, 6.07) is 6.24. The molecule has 0 unspecified atom stereocenters. The monoisotopic (exact) mass is 490 g/mol. The number of ether oxygens (including phenoxy) is 2. The number of imidazole rings is 1. The molecule has 2 aromatic carbocycles. The van der Waals surface area contributed by atoms with E-state index in [9.17, 15) is 30.8 Å². The Balaban J connectivity index is 2.33. The molecule has 0 radical (unpaired) electrons. The number of hydrogen-bond acceptors (Lipinski definition) is 5. The summed E-state index contributed by atoms with van der Waals surface area (Å²) in [6.45, 7) is 0.335. The molecule has 0 bridgehead atoms. The van der Waals surface area contributed by atoms with Gasteiger partial charge in [-0.1, -0.05) is 6.07 Å². The number of benzene rings is 2. The Hall–Kier alpha value is -3.02. The maximum absolute atomic E-state index is 13.9. The number of nitrogens with zero attached hydrogens (tertiary/aromatic N) is 2. The van der Waals surface area contributed by atoms with E-state index in [1.165, 1.54) is 25.3 Å². The van der Waals surface area contributed by atoms with E-state index in [2.05, 4.69) is 0 Å². The number of hydrogen-bond donors (Lipinski definition) is 0. The Kier molecular flexibility index (Phi) is 6.78. The molecule has 0 saturated carbocycles. The lowest BCUT2D eigenvalue weighted by molar-refractivity contribution is -0.140. The molecule has 7 nitrogen and oxygen atoms in total. The number of rotatable bonds is 8. The summed E-state index contributed by atoms with van der Waals surface area (Å²) in [6.07, 6.45) is -3.81. The SMILES string of the molecule is CCOc1cc([C@H](CS(C)(=O)=O)n2c(=O)n(CC(F)(F)F)c3cc(F)ccc32)ccc1OC. The second-order valence-electron chi connectivity index (χ2n) is 7.44. The zero-order valence-electron chi connectivity index (χ0n) is 18.0. The van der Waals surface area contributed by atoms with Crippen LogP contribution in [0.25, 0.3) is 11.0 Å². The average Bonchev–Trinajstić information content (AvgIpc) is 2.95. The molecule has 0 aliphatic heterocycles. The van der Waals surface area contributed by atoms with E-state index >= 15 is 0 Å². The van der Waals surface area contributed by atoms with Gasteiger partial charge in [-0.05, 0) is 42.8 Å². The number of alkyl halides is 3. The van der Waals surface area contributed by atoms with Crippen LogP contribution in [0.3, 0.4) is 0 Å². The molecule has 0 aliphatic rings. The average molecular weight is 490 g/mol. The molecule has 3 rings (SSSR count). The lowest BCUT2D eigenvalue weighted by atomic mass is 10.1. The van der Waals surface area contributed by atoms with Gasteiger partial charge in [-0.3, -0.25) is 9.13 Å². The van der Waals surface area contributed by atoms with Gasteiger partial charge in [-0.15, -0.1) is 0 Å². The molecular formula is C21H22F4N2O5S. The highest BCUT2D eigenvalue weighted by Gasteiger charge is 2.33. The van der Waals surface area contributed by atoms with Crippen molar-refractivity contribution in [3.05, 3.63) is 58.3 Å². The van der Waals surface area contributed by atoms with Crippen LogP contribution in [-0.4, -0.2) is 49.5 Å². The van der Waals surface area contributed by atoms with Crippen LogP contribution >= 0.6 is 0 Å². The Morgan fingerprint density at radius 2 is 1.76 bits per heavy atom. The third-order valence-electron chi connectivity index (χ3n) is 4.91. The first-order chi connectivity index (χ1) is 15.3. The molecule has 12 heteroatoms. The zero-order valence-corrected chi connectivity index (χ0v) is 18.8. The maximum Gasteiger partial charge on any atom is 0.406 e. The van der Waals surface area contributed by atoms with E-state index in [4.69, 9.17) is 9.47 Å². The van der Waals surface area contributed by atoms with Gasteiger partial charge >= 0.3 is 11.9 Å². The Morgan fingerprint density at radius 1 is 1.06 bits per heavy atom. The predicted octanol–water partition coefficient (Wildman–Crippen LogP) is 3.55. The summed E-state index contributed by atoms with van der Waals surface area (Å²) in [7, 11) is -2.31. The molecule has 33 heavy (non-hydrogen) atoms. The number of sulfone groups is 1. The van der Waals surface area contributed by atoms with Crippen LogP contribution in [0, 0.1) is 5.82 Å². The molecule has 1 aromatic heterocycles. The lowest BCUT2D eigenvalue weighted by Gasteiger charge is -2.20. The smallest absolute Gasteiger partial charge is 0.406 e. The summed E-state index contributed by atoms with van der Waals surface area (Å²) >= 11 is 0. The Labute approximate surface area is 187 Å². The van der Waals surface area contributed by atoms with Gasteiger partial charge in [0.25, 0.3) is 0 Å². The lowest BCUT2D eigenvalue weighted by Crippen LogP contribution is -2.34. The van der Waals surface area contributed by atoms with Crippen molar-refractivity contribution in [1.82, 2.24) is 9.13 Å². The minimum atomic E-state index is -4.76. The van der Waals surface area contributed by atoms with E-state index in [1.54, 1.807) is 6.92 Å². The zero-order chi connectivity index (χ0) is 24.6. The molecular weight excluding hydrogens is 468 g/mol. The Morgan fingerprint density at radius 3 is 2.33 bits per heavy atom. The van der Waals surface area contributed by atoms with Gasteiger partial charge in [0, 0.05) is 6.26 Å². The largest absolute Gasteiger partial charge is 0.493 e. The standard InChI is InChI=1S/C21H22F4N2O5S/c1-4-32-19-9-13(5-8-18(19)31-2)17(11-33(3,29)30)27-15-7-6-14(22)10-16(15)26(20(27)28)12-21(23,24)25/h5-10,17H,4,11-12H2,1-3H3/t17-/m0/s1. The number of aromatic nitrogens is 2. The van der Waals surface area contributed by atoms with E-state index in [0.717, 1.165) is 29.0 Å². The third kappa shape index (κ3) is 5.49. The minimum absolute atomic E-state index is 0.0342. The van der Waals surface area contributed by atoms with Crippen LogP contribution in [0.15, 0.2) is 41.2 Å². The quantitative estimate of drug-likeness (QED) is 0.452. The molecule has 180 valence electrons. The van der Waals surface area contributed by atoms with E-state index < -0.39 is 45.9 Å². The van der Waals surface area contributed by atoms with Crippen molar-refractivity contribution in [2.75, 3.05) is 25.7 Å². The first-order valence-electron chi connectivity index (χ1n) is 9.80. The molecule has 3 aromatic rings. The van der Waals surface area contributed by atoms with Crippen LogP contribution < -0.4 is 15.2 Å². The number of halogens is 4. The number of fused-ring (bicyclic) bond motifs is 1. The van der Waals surface area contributed by atoms with Crippen molar-refractivity contribution in [2.24, 2.45) is 0 Å². The Bertz CT molecular complexity index is 1330. The molecule has 0 spiro atoms. The summed E-state index contributed by atoms with van der Waals surface area (Å²) in [5, 5.41) is 0. The van der Waals surface area contributed by atoms with E-state index in [1.807, 2.05) is 0 Å². The van der Waals surface area contributed by atoms with Gasteiger partial charge in [0.15, 0.2) is 11.5 Å². The maximum atomic E-state index is 13.9. The van der Waals surface area contributed by atoms with Gasteiger partial charge in [-0.25, -0.2) is 17.6 Å². The van der Waals surface area contributed by atoms with Crippen LogP contribution in [0.1, 0.15) is 18.5 Å². The van der Waals surface area contributed by atoms with Crippen molar-refractivity contribution >= 4 is 20.9 Å². The van der Waals surface area contributed by atoms with Crippen LogP contribution in [0.4, 0.5) is 17.6 Å². The van der Waals surface area contributed by atoms with Crippen molar-refractivity contribution in [1.29, 1.82) is 0 Å². The van der Waals surface area contributed by atoms with Crippen LogP contribution in [0.5, 0.6) is 11.5 Å². The fraction of sp³-hybridized carbons (Fsp3) is 0.381. The predicted molar refractivity (Wildman–Crippen MR) is 114 cm³/mol. The van der Waals surface area contributed by atoms with E-state index in [0.29, 0.717) is 15.9 Å². The summed E-state index contributed by atoms with van der Waals surface area (Å²) in [4.78, 5) is 13.2. The third-order valence-corrected chi connectivity index (χ3v) is 5.83. The molecule has 0 aliphatic carbocycles. The molecule has 1 atom stereocenters. The summed E-state index contributed by atoms with van der Waals surface area (Å²) in [5.74, 6) is -0.798. The first kappa shape index (κ1) is 24.6. The molecule has 0 N–H and O–H groups in total. The minimum Gasteiger partial charge on any atom is -0.493 e. The molecule has 0 amide bonds. The highest BCUT2D eigenvalue weighted by Crippen LogP contribution is 2.33. The highest BCUT2D eigenvalue weighted by atomic mass is 32.2. The topological polar surface area (TPSA) is 79.5 Å². The second-order valence-corrected chi connectivity index (χ2v) is 9.62. The van der Waals surface area contributed by atoms with Gasteiger partial charge in [-0.2, -0.15) is 13.2 Å². The van der Waals surface area contributed by atoms with Crippen molar-refractivity contribution in [2.45, 2.75) is 25.7 Å². The first-order valence-corrected chi connectivity index (χ1v) is 11.9. The number of methoxy groups -OCH3 is 1. The molecule has 1 heterocycles. The van der Waals surface area contributed by atoms with Crippen LogP contribution in [-0.2, 0) is 16.4 Å². The van der Waals surface area contributed by atoms with Gasteiger partial charge in [0.05, 0.1) is 36.5 Å². The van der Waals surface area contributed by atoms with Gasteiger partial charge in [0.1, 0.15) is 22.2 Å². The molecule has 0 saturated heterocycles. The fourth-order valence-electron chi connectivity index (χ4n) is 3.66. The normalized spacial score (nSPS) is 13.3.